The number of carbonyl (C=O) groups is 3. The normalized spacial score (nSPS) is 17.4. The monoisotopic (exact) mass is 339 g/mol. The second-order valence-electron chi connectivity index (χ2n) is 6.67. The molecule has 3 amide bonds. The van der Waals surface area contributed by atoms with Crippen LogP contribution in [0.15, 0.2) is 18.2 Å². The number of benzene rings is 1. The van der Waals surface area contributed by atoms with Gasteiger partial charge in [-0.3, -0.25) is 19.3 Å². The quantitative estimate of drug-likeness (QED) is 0.790. The molecular weight excluding hydrogens is 318 g/mol. The maximum atomic E-state index is 12.8. The number of hydrogen-bond acceptors (Lipinski definition) is 4. The van der Waals surface area contributed by atoms with Crippen LogP contribution in [0.5, 0.6) is 0 Å². The van der Waals surface area contributed by atoms with Gasteiger partial charge in [0.15, 0.2) is 0 Å². The zero-order chi connectivity index (χ0) is 18.0. The summed E-state index contributed by atoms with van der Waals surface area (Å²) in [5.74, 6) is -0.792. The summed E-state index contributed by atoms with van der Waals surface area (Å²) in [5, 5.41) is 8.64. The van der Waals surface area contributed by atoms with Crippen molar-refractivity contribution in [1.29, 1.82) is 5.26 Å². The molecule has 1 heterocycles. The molecule has 1 aliphatic heterocycles. The first-order chi connectivity index (χ1) is 12.0. The minimum absolute atomic E-state index is 0.0291. The van der Waals surface area contributed by atoms with Gasteiger partial charge in [-0.05, 0) is 31.0 Å². The van der Waals surface area contributed by atoms with Crippen LogP contribution < -0.4 is 0 Å². The van der Waals surface area contributed by atoms with Crippen molar-refractivity contribution in [2.45, 2.75) is 44.6 Å². The molecule has 6 nitrogen and oxygen atoms in total. The molecule has 0 N–H and O–H groups in total. The van der Waals surface area contributed by atoms with Crippen molar-refractivity contribution in [3.63, 3.8) is 0 Å². The van der Waals surface area contributed by atoms with Crippen molar-refractivity contribution in [3.8, 4) is 6.07 Å². The van der Waals surface area contributed by atoms with Gasteiger partial charge < -0.3 is 4.90 Å². The topological polar surface area (TPSA) is 81.5 Å². The molecule has 1 fully saturated rings. The summed E-state index contributed by atoms with van der Waals surface area (Å²) < 4.78 is 0. The van der Waals surface area contributed by atoms with E-state index in [0.717, 1.165) is 32.1 Å². The lowest BCUT2D eigenvalue weighted by atomic mass is 9.94. The van der Waals surface area contributed by atoms with E-state index in [1.54, 1.807) is 19.2 Å². The van der Waals surface area contributed by atoms with Crippen molar-refractivity contribution in [3.05, 3.63) is 34.9 Å². The molecule has 0 unspecified atom stereocenters. The van der Waals surface area contributed by atoms with Crippen molar-refractivity contribution < 1.29 is 14.4 Å². The van der Waals surface area contributed by atoms with Crippen LogP contribution in [0, 0.1) is 11.3 Å². The van der Waals surface area contributed by atoms with E-state index in [1.165, 1.54) is 15.9 Å². The number of hydrogen-bond donors (Lipinski definition) is 0. The Bertz CT molecular complexity index is 760. The van der Waals surface area contributed by atoms with Crippen LogP contribution in [-0.4, -0.2) is 47.2 Å². The number of nitriles is 1. The first-order valence-corrected chi connectivity index (χ1v) is 8.69. The zero-order valence-electron chi connectivity index (χ0n) is 14.3. The average Bonchev–Trinajstić information content (AvgIpc) is 2.90. The van der Waals surface area contributed by atoms with Crippen LogP contribution in [0.3, 0.4) is 0 Å². The Morgan fingerprint density at radius 3 is 2.56 bits per heavy atom. The van der Waals surface area contributed by atoms with Crippen LogP contribution in [0.1, 0.15) is 69.6 Å². The molecule has 1 saturated carbocycles. The third-order valence-corrected chi connectivity index (χ3v) is 5.01. The highest BCUT2D eigenvalue weighted by Crippen LogP contribution is 2.31. The van der Waals surface area contributed by atoms with Crippen molar-refractivity contribution in [2.75, 3.05) is 13.6 Å². The lowest BCUT2D eigenvalue weighted by molar-refractivity contribution is 0.0548. The van der Waals surface area contributed by atoms with Crippen LogP contribution in [-0.2, 0) is 0 Å². The van der Waals surface area contributed by atoms with Crippen LogP contribution in [0.2, 0.25) is 0 Å². The van der Waals surface area contributed by atoms with E-state index in [4.69, 9.17) is 5.26 Å². The highest BCUT2D eigenvalue weighted by molar-refractivity contribution is 6.22. The van der Waals surface area contributed by atoms with Gasteiger partial charge in [0, 0.05) is 25.2 Å². The third kappa shape index (κ3) is 3.14. The fraction of sp³-hybridized carbons (Fsp3) is 0.474. The Morgan fingerprint density at radius 1 is 1.20 bits per heavy atom. The number of rotatable bonds is 4. The Kier molecular flexibility index (Phi) is 4.84. The molecule has 3 rings (SSSR count). The molecule has 0 bridgehead atoms. The summed E-state index contributed by atoms with van der Waals surface area (Å²) in [4.78, 5) is 40.7. The standard InChI is InChI=1S/C19H21N3O3/c1-21(11-5-10-20)17(23)13-8-9-15-16(12-13)19(25)22(18(15)24)14-6-3-2-4-7-14/h8-9,12,14H,2-7,11H2,1H3. The fourth-order valence-electron chi connectivity index (χ4n) is 3.60. The Balaban J connectivity index is 1.84. The number of carbonyl (C=O) groups excluding carboxylic acids is 3. The molecule has 0 spiro atoms. The van der Waals surface area contributed by atoms with E-state index >= 15 is 0 Å². The lowest BCUT2D eigenvalue weighted by Gasteiger charge is -2.29. The minimum atomic E-state index is -0.291. The van der Waals surface area contributed by atoms with Crippen molar-refractivity contribution in [2.24, 2.45) is 0 Å². The van der Waals surface area contributed by atoms with Gasteiger partial charge >= 0.3 is 0 Å². The minimum Gasteiger partial charge on any atom is -0.341 e. The van der Waals surface area contributed by atoms with Gasteiger partial charge in [0.2, 0.25) is 0 Å². The zero-order valence-corrected chi connectivity index (χ0v) is 14.3. The molecule has 0 atom stereocenters. The first-order valence-electron chi connectivity index (χ1n) is 8.69. The predicted octanol–water partition coefficient (Wildman–Crippen LogP) is 2.60. The molecule has 0 aromatic heterocycles. The van der Waals surface area contributed by atoms with E-state index in [9.17, 15) is 14.4 Å². The lowest BCUT2D eigenvalue weighted by Crippen LogP contribution is -2.40. The van der Waals surface area contributed by atoms with E-state index in [2.05, 4.69) is 0 Å². The molecular formula is C19H21N3O3. The van der Waals surface area contributed by atoms with Gasteiger partial charge in [0.05, 0.1) is 23.6 Å². The molecule has 0 saturated heterocycles. The molecule has 0 radical (unpaired) electrons. The summed E-state index contributed by atoms with van der Waals surface area (Å²) in [6.45, 7) is 0.327. The first kappa shape index (κ1) is 17.2. The maximum Gasteiger partial charge on any atom is 0.261 e. The highest BCUT2D eigenvalue weighted by atomic mass is 16.2. The van der Waals surface area contributed by atoms with Gasteiger partial charge in [-0.25, -0.2) is 0 Å². The van der Waals surface area contributed by atoms with Crippen LogP contribution in [0.4, 0.5) is 0 Å². The van der Waals surface area contributed by atoms with Crippen LogP contribution >= 0.6 is 0 Å². The summed E-state index contributed by atoms with van der Waals surface area (Å²) in [7, 11) is 1.62. The molecule has 130 valence electrons. The molecule has 6 heteroatoms. The Morgan fingerprint density at radius 2 is 1.88 bits per heavy atom. The number of nitrogens with zero attached hydrogens (tertiary/aromatic N) is 3. The summed E-state index contributed by atoms with van der Waals surface area (Å²) in [6, 6.07) is 6.65. The van der Waals surface area contributed by atoms with Crippen molar-refractivity contribution in [1.82, 2.24) is 9.80 Å². The average molecular weight is 339 g/mol. The van der Waals surface area contributed by atoms with E-state index in [-0.39, 0.29) is 30.2 Å². The number of fused-ring (bicyclic) bond motifs is 1. The van der Waals surface area contributed by atoms with E-state index in [0.29, 0.717) is 23.2 Å². The largest absolute Gasteiger partial charge is 0.341 e. The van der Waals surface area contributed by atoms with Crippen LogP contribution in [0.25, 0.3) is 0 Å². The highest BCUT2D eigenvalue weighted by Gasteiger charge is 2.40. The molecule has 1 aromatic carbocycles. The second kappa shape index (κ2) is 7.06. The second-order valence-corrected chi connectivity index (χ2v) is 6.67. The van der Waals surface area contributed by atoms with Gasteiger partial charge in [-0.2, -0.15) is 5.26 Å². The Labute approximate surface area is 147 Å². The third-order valence-electron chi connectivity index (χ3n) is 5.01. The Hall–Kier alpha value is -2.68. The van der Waals surface area contributed by atoms with E-state index in [1.807, 2.05) is 6.07 Å². The SMILES string of the molecule is CN(CCC#N)C(=O)c1ccc2c(c1)C(=O)N(C1CCCCC1)C2=O. The number of imide groups is 1. The molecule has 1 aromatic rings. The maximum absolute atomic E-state index is 12.8. The van der Waals surface area contributed by atoms with Gasteiger partial charge in [-0.15, -0.1) is 0 Å². The summed E-state index contributed by atoms with van der Waals surface area (Å²) in [6.07, 6.45) is 5.17. The fourth-order valence-corrected chi connectivity index (χ4v) is 3.60. The summed E-state index contributed by atoms with van der Waals surface area (Å²) in [5.41, 5.74) is 1.06. The smallest absolute Gasteiger partial charge is 0.261 e. The van der Waals surface area contributed by atoms with Gasteiger partial charge in [0.25, 0.3) is 17.7 Å². The summed E-state index contributed by atoms with van der Waals surface area (Å²) >= 11 is 0. The van der Waals surface area contributed by atoms with Crippen molar-refractivity contribution >= 4 is 17.7 Å². The van der Waals surface area contributed by atoms with Gasteiger partial charge in [0.1, 0.15) is 0 Å². The number of amides is 3. The molecule has 1 aliphatic carbocycles. The molecule has 2 aliphatic rings. The van der Waals surface area contributed by atoms with Gasteiger partial charge in [-0.1, -0.05) is 19.3 Å². The molecule has 25 heavy (non-hydrogen) atoms. The van der Waals surface area contributed by atoms with E-state index < -0.39 is 0 Å². The predicted molar refractivity (Wildman–Crippen MR) is 91.0 cm³/mol.